The van der Waals surface area contributed by atoms with Gasteiger partial charge in [-0.05, 0) is 22.9 Å². The molecule has 1 spiro atoms. The van der Waals surface area contributed by atoms with Crippen molar-refractivity contribution in [2.75, 3.05) is 24.6 Å². The van der Waals surface area contributed by atoms with Crippen molar-refractivity contribution in [3.05, 3.63) is 29.2 Å². The molecule has 0 N–H and O–H groups in total. The number of aromatic nitrogens is 2. The second-order valence-corrected chi connectivity index (χ2v) is 6.77. The van der Waals surface area contributed by atoms with Crippen LogP contribution in [0.2, 0.25) is 5.15 Å². The third kappa shape index (κ3) is 2.00. The summed E-state index contributed by atoms with van der Waals surface area (Å²) in [6, 6.07) is 1.95. The number of pyridine rings is 2. The molecular weight excluding hydrogens is 286 g/mol. The molecule has 4 heterocycles. The van der Waals surface area contributed by atoms with E-state index >= 15 is 0 Å². The third-order valence-electron chi connectivity index (χ3n) is 4.59. The molecular formula is C16H18ClN3O. The molecule has 0 aliphatic carbocycles. The van der Waals surface area contributed by atoms with Crippen molar-refractivity contribution < 1.29 is 4.74 Å². The molecule has 0 atom stereocenters. The van der Waals surface area contributed by atoms with Crippen LogP contribution in [-0.2, 0) is 4.74 Å². The summed E-state index contributed by atoms with van der Waals surface area (Å²) >= 11 is 6.09. The minimum atomic E-state index is 0.102. The number of halogens is 1. The molecule has 4 rings (SSSR count). The molecule has 5 heteroatoms. The minimum Gasteiger partial charge on any atom is -0.371 e. The van der Waals surface area contributed by atoms with E-state index in [9.17, 15) is 0 Å². The van der Waals surface area contributed by atoms with Crippen LogP contribution in [0.4, 0.5) is 5.82 Å². The van der Waals surface area contributed by atoms with E-state index in [1.165, 1.54) is 5.56 Å². The molecule has 0 saturated carbocycles. The Balaban J connectivity index is 1.78. The van der Waals surface area contributed by atoms with Crippen LogP contribution in [0.3, 0.4) is 0 Å². The Morgan fingerprint density at radius 2 is 2.00 bits per heavy atom. The van der Waals surface area contributed by atoms with E-state index in [2.05, 4.69) is 23.7 Å². The van der Waals surface area contributed by atoms with Crippen molar-refractivity contribution >= 4 is 28.2 Å². The van der Waals surface area contributed by atoms with Gasteiger partial charge in [0.2, 0.25) is 0 Å². The summed E-state index contributed by atoms with van der Waals surface area (Å²) in [5, 5.41) is 2.77. The van der Waals surface area contributed by atoms with Crippen molar-refractivity contribution in [3.8, 4) is 0 Å². The van der Waals surface area contributed by atoms with Gasteiger partial charge in [-0.15, -0.1) is 0 Å². The van der Waals surface area contributed by atoms with Crippen LogP contribution in [-0.4, -0.2) is 35.3 Å². The van der Waals surface area contributed by atoms with E-state index in [4.69, 9.17) is 21.3 Å². The smallest absolute Gasteiger partial charge is 0.138 e. The normalized spacial score (nSPS) is 19.9. The summed E-state index contributed by atoms with van der Waals surface area (Å²) in [6.45, 7) is 7.10. The molecule has 0 bridgehead atoms. The summed E-state index contributed by atoms with van der Waals surface area (Å²) in [6.07, 6.45) is 4.99. The van der Waals surface area contributed by atoms with Gasteiger partial charge >= 0.3 is 0 Å². The van der Waals surface area contributed by atoms with Crippen molar-refractivity contribution in [3.63, 3.8) is 0 Å². The lowest BCUT2D eigenvalue weighted by Crippen LogP contribution is -2.68. The van der Waals surface area contributed by atoms with E-state index in [1.807, 2.05) is 18.5 Å². The second-order valence-electron chi connectivity index (χ2n) is 6.38. The molecule has 0 unspecified atom stereocenters. The van der Waals surface area contributed by atoms with E-state index in [1.54, 1.807) is 0 Å². The van der Waals surface area contributed by atoms with Gasteiger partial charge in [-0.1, -0.05) is 25.4 Å². The Bertz CT molecular complexity index is 704. The molecule has 0 radical (unpaired) electrons. The average molecular weight is 304 g/mol. The number of nitrogens with zero attached hydrogens (tertiary/aromatic N) is 3. The average Bonchev–Trinajstić information content (AvgIpc) is 2.34. The fourth-order valence-electron chi connectivity index (χ4n) is 3.27. The first-order valence-electron chi connectivity index (χ1n) is 7.41. The summed E-state index contributed by atoms with van der Waals surface area (Å²) in [4.78, 5) is 11.2. The summed E-state index contributed by atoms with van der Waals surface area (Å²) in [5.74, 6) is 1.41. The highest BCUT2D eigenvalue weighted by Gasteiger charge is 2.49. The SMILES string of the molecule is CC(C)c1cnc(N2CC3(CCO3)C2)c2cnc(Cl)cc12. The largest absolute Gasteiger partial charge is 0.371 e. The lowest BCUT2D eigenvalue weighted by molar-refractivity contribution is -0.161. The first-order chi connectivity index (χ1) is 10.1. The Labute approximate surface area is 129 Å². The molecule has 0 amide bonds. The molecule has 2 fully saturated rings. The molecule has 110 valence electrons. The quantitative estimate of drug-likeness (QED) is 0.797. The van der Waals surface area contributed by atoms with Crippen LogP contribution in [0.1, 0.15) is 31.7 Å². The summed E-state index contributed by atoms with van der Waals surface area (Å²) < 4.78 is 5.69. The Hall–Kier alpha value is -1.39. The van der Waals surface area contributed by atoms with Crippen LogP contribution in [0.25, 0.3) is 10.8 Å². The van der Waals surface area contributed by atoms with Crippen molar-refractivity contribution in [2.45, 2.75) is 31.8 Å². The van der Waals surface area contributed by atoms with Crippen LogP contribution in [0.5, 0.6) is 0 Å². The molecule has 2 aromatic rings. The van der Waals surface area contributed by atoms with Gasteiger partial charge in [-0.2, -0.15) is 0 Å². The zero-order valence-electron chi connectivity index (χ0n) is 12.3. The number of hydrogen-bond donors (Lipinski definition) is 0. The van der Waals surface area contributed by atoms with Crippen molar-refractivity contribution in [1.82, 2.24) is 9.97 Å². The zero-order valence-corrected chi connectivity index (χ0v) is 13.0. The topological polar surface area (TPSA) is 38.2 Å². The Morgan fingerprint density at radius 3 is 2.62 bits per heavy atom. The number of fused-ring (bicyclic) bond motifs is 1. The van der Waals surface area contributed by atoms with Crippen LogP contribution >= 0.6 is 11.6 Å². The van der Waals surface area contributed by atoms with E-state index < -0.39 is 0 Å². The molecule has 0 aromatic carbocycles. The van der Waals surface area contributed by atoms with Crippen molar-refractivity contribution in [1.29, 1.82) is 0 Å². The lowest BCUT2D eigenvalue weighted by atomic mass is 9.86. The first-order valence-corrected chi connectivity index (χ1v) is 7.79. The van der Waals surface area contributed by atoms with Gasteiger partial charge in [0.1, 0.15) is 16.6 Å². The summed E-state index contributed by atoms with van der Waals surface area (Å²) in [5.41, 5.74) is 1.32. The fourth-order valence-corrected chi connectivity index (χ4v) is 3.43. The van der Waals surface area contributed by atoms with Gasteiger partial charge in [-0.3, -0.25) is 0 Å². The van der Waals surface area contributed by atoms with Gasteiger partial charge in [0.15, 0.2) is 0 Å². The van der Waals surface area contributed by atoms with Crippen molar-refractivity contribution in [2.24, 2.45) is 0 Å². The minimum absolute atomic E-state index is 0.102. The highest BCUT2D eigenvalue weighted by molar-refractivity contribution is 6.30. The van der Waals surface area contributed by atoms with Crippen LogP contribution in [0, 0.1) is 0 Å². The molecule has 2 saturated heterocycles. The Morgan fingerprint density at radius 1 is 1.24 bits per heavy atom. The monoisotopic (exact) mass is 303 g/mol. The van der Waals surface area contributed by atoms with Gasteiger partial charge < -0.3 is 9.64 Å². The van der Waals surface area contributed by atoms with Crippen LogP contribution < -0.4 is 4.90 Å². The standard InChI is InChI=1S/C16H18ClN3O/c1-10(2)12-6-19-15(13-7-18-14(17)5-11(12)13)20-8-16(9-20)3-4-21-16/h5-7,10H,3-4,8-9H2,1-2H3. The lowest BCUT2D eigenvalue weighted by Gasteiger charge is -2.55. The van der Waals surface area contributed by atoms with E-state index in [0.717, 1.165) is 42.7 Å². The molecule has 4 nitrogen and oxygen atoms in total. The molecule has 2 aliphatic rings. The highest BCUT2D eigenvalue weighted by atomic mass is 35.5. The van der Waals surface area contributed by atoms with Gasteiger partial charge in [-0.25, -0.2) is 9.97 Å². The summed E-state index contributed by atoms with van der Waals surface area (Å²) in [7, 11) is 0. The maximum Gasteiger partial charge on any atom is 0.138 e. The molecule has 2 aromatic heterocycles. The number of ether oxygens (including phenoxy) is 1. The maximum absolute atomic E-state index is 6.09. The van der Waals surface area contributed by atoms with E-state index in [-0.39, 0.29) is 5.60 Å². The maximum atomic E-state index is 6.09. The fraction of sp³-hybridized carbons (Fsp3) is 0.500. The molecule has 2 aliphatic heterocycles. The van der Waals surface area contributed by atoms with Gasteiger partial charge in [0, 0.05) is 24.2 Å². The zero-order chi connectivity index (χ0) is 14.6. The number of hydrogen-bond acceptors (Lipinski definition) is 4. The predicted octanol–water partition coefficient (Wildman–Crippen LogP) is 3.39. The van der Waals surface area contributed by atoms with Gasteiger partial charge in [0.05, 0.1) is 19.7 Å². The van der Waals surface area contributed by atoms with Gasteiger partial charge in [0.25, 0.3) is 0 Å². The molecule has 21 heavy (non-hydrogen) atoms. The predicted molar refractivity (Wildman–Crippen MR) is 84.2 cm³/mol. The third-order valence-corrected chi connectivity index (χ3v) is 4.80. The Kier molecular flexibility index (Phi) is 2.88. The highest BCUT2D eigenvalue weighted by Crippen LogP contribution is 2.41. The van der Waals surface area contributed by atoms with Crippen LogP contribution in [0.15, 0.2) is 18.5 Å². The number of rotatable bonds is 2. The first kappa shape index (κ1) is 13.3. The second kappa shape index (κ2) is 4.55. The van der Waals surface area contributed by atoms with E-state index in [0.29, 0.717) is 11.1 Å². The number of anilines is 1.